The fourth-order valence-electron chi connectivity index (χ4n) is 3.62. The lowest BCUT2D eigenvalue weighted by molar-refractivity contribution is -0.0951. The number of hydroxylamine groups is 1. The van der Waals surface area contributed by atoms with Gasteiger partial charge in [-0.15, -0.1) is 5.17 Å². The van der Waals surface area contributed by atoms with Gasteiger partial charge in [-0.25, -0.2) is 13.2 Å². The van der Waals surface area contributed by atoms with Crippen molar-refractivity contribution >= 4 is 39.0 Å². The number of nitrogens with zero attached hydrogens (tertiary/aromatic N) is 4. The number of hydrogen-bond acceptors (Lipinski definition) is 10. The predicted molar refractivity (Wildman–Crippen MR) is 160 cm³/mol. The zero-order valence-electron chi connectivity index (χ0n) is 22.4. The van der Waals surface area contributed by atoms with Crippen molar-refractivity contribution in [3.63, 3.8) is 0 Å². The maximum absolute atomic E-state index is 12.3. The van der Waals surface area contributed by atoms with Crippen LogP contribution in [0.4, 0.5) is 10.5 Å². The molecule has 1 aliphatic heterocycles. The molecule has 214 valence electrons. The van der Waals surface area contributed by atoms with Crippen LogP contribution >= 0.6 is 12.2 Å². The van der Waals surface area contributed by atoms with E-state index in [-0.39, 0.29) is 0 Å². The SMILES string of the molecule is CC(C)S(=O)(=O)c1ccc(-c2cncc(-c3cc(-c4ccc(N=C=S)cc4)no3)c2)cc1.O=C(O)NN1C=CC=CO1. The Balaban J connectivity index is 0.000000343. The molecule has 0 radical (unpaired) electrons. The number of amides is 1. The van der Waals surface area contributed by atoms with Crippen molar-refractivity contribution in [1.82, 2.24) is 20.7 Å². The Bertz CT molecular complexity index is 1760. The van der Waals surface area contributed by atoms with Crippen molar-refractivity contribution in [1.29, 1.82) is 0 Å². The molecule has 0 aliphatic carbocycles. The van der Waals surface area contributed by atoms with E-state index >= 15 is 0 Å². The number of aromatic nitrogens is 2. The number of thiocarbonyl (C=S) groups is 1. The van der Waals surface area contributed by atoms with Crippen LogP contribution in [0.5, 0.6) is 0 Å². The first-order valence-corrected chi connectivity index (χ1v) is 14.4. The smallest absolute Gasteiger partial charge is 0.426 e. The molecule has 42 heavy (non-hydrogen) atoms. The number of nitrogens with one attached hydrogen (secondary N) is 1. The molecule has 2 aromatic carbocycles. The highest BCUT2D eigenvalue weighted by atomic mass is 32.2. The highest BCUT2D eigenvalue weighted by Gasteiger charge is 2.19. The number of benzene rings is 2. The number of aliphatic imine (C=N–C) groups is 1. The van der Waals surface area contributed by atoms with Crippen molar-refractivity contribution in [2.45, 2.75) is 24.0 Å². The number of hydrogen-bond donors (Lipinski definition) is 2. The lowest BCUT2D eigenvalue weighted by atomic mass is 10.0. The molecule has 0 bridgehead atoms. The summed E-state index contributed by atoms with van der Waals surface area (Å²) in [4.78, 5) is 23.2. The number of carboxylic acid groups (broad SMARTS) is 1. The molecule has 1 aliphatic rings. The molecule has 0 fully saturated rings. The number of isothiocyanates is 1. The topological polar surface area (TPSA) is 147 Å². The molecule has 5 rings (SSSR count). The van der Waals surface area contributed by atoms with Gasteiger partial charge in [-0.05, 0) is 74.1 Å². The highest BCUT2D eigenvalue weighted by molar-refractivity contribution is 7.92. The quantitative estimate of drug-likeness (QED) is 0.179. The van der Waals surface area contributed by atoms with Gasteiger partial charge in [0.05, 0.1) is 27.2 Å². The molecule has 11 nitrogen and oxygen atoms in total. The minimum Gasteiger partial charge on any atom is -0.464 e. The maximum Gasteiger partial charge on any atom is 0.426 e. The fraction of sp³-hybridized carbons (Fsp3) is 0.103. The largest absolute Gasteiger partial charge is 0.464 e. The van der Waals surface area contributed by atoms with Crippen molar-refractivity contribution in [2.24, 2.45) is 4.99 Å². The van der Waals surface area contributed by atoms with Crippen LogP contribution in [0.15, 0.2) is 112 Å². The maximum atomic E-state index is 12.3. The number of carbonyl (C=O) groups is 1. The number of sulfone groups is 1. The van der Waals surface area contributed by atoms with Crippen molar-refractivity contribution in [2.75, 3.05) is 0 Å². The minimum absolute atomic E-state index is 0.308. The summed E-state index contributed by atoms with van der Waals surface area (Å²) in [7, 11) is -3.31. The molecule has 0 unspecified atom stereocenters. The Labute approximate surface area is 247 Å². The van der Waals surface area contributed by atoms with E-state index < -0.39 is 21.2 Å². The first-order chi connectivity index (χ1) is 20.2. The van der Waals surface area contributed by atoms with Gasteiger partial charge >= 0.3 is 6.09 Å². The standard InChI is InChI=1S/C24H19N3O3S2.C5H6N2O3/c1-16(2)32(28,29)22-9-5-17(6-10-22)19-11-20(14-25-13-19)24-12-23(27-30-24)18-3-7-21(8-4-18)26-15-31;8-5(9)6-7-3-1-2-4-10-7/h3-14,16H,1-2H3;1-4,6H,(H,8,9). The lowest BCUT2D eigenvalue weighted by Crippen LogP contribution is -2.36. The number of rotatable bonds is 7. The van der Waals surface area contributed by atoms with Crippen LogP contribution in [0, 0.1) is 0 Å². The molecule has 0 saturated heterocycles. The summed E-state index contributed by atoms with van der Waals surface area (Å²) in [6, 6.07) is 18.0. The molecular formula is C29H25N5O6S2. The molecule has 4 aromatic rings. The third-order valence-electron chi connectivity index (χ3n) is 5.80. The van der Waals surface area contributed by atoms with Crippen LogP contribution in [0.1, 0.15) is 13.8 Å². The van der Waals surface area contributed by atoms with Crippen LogP contribution in [0.25, 0.3) is 33.7 Å². The average Bonchev–Trinajstić information content (AvgIpc) is 3.49. The molecule has 0 atom stereocenters. The number of allylic oxidation sites excluding steroid dienone is 2. The van der Waals surface area contributed by atoms with Crippen molar-refractivity contribution in [3.05, 3.63) is 97.7 Å². The van der Waals surface area contributed by atoms with Gasteiger partial charge in [-0.2, -0.15) is 10.4 Å². The second-order valence-corrected chi connectivity index (χ2v) is 11.6. The summed E-state index contributed by atoms with van der Waals surface area (Å²) < 4.78 is 30.2. The van der Waals surface area contributed by atoms with Crippen LogP contribution in [0.3, 0.4) is 0 Å². The molecule has 13 heteroatoms. The molecule has 1 amide bonds. The third-order valence-corrected chi connectivity index (χ3v) is 8.06. The van der Waals surface area contributed by atoms with E-state index in [1.54, 1.807) is 62.7 Å². The Hall–Kier alpha value is -5.10. The normalized spacial score (nSPS) is 12.1. The van der Waals surface area contributed by atoms with E-state index in [1.807, 2.05) is 41.8 Å². The van der Waals surface area contributed by atoms with Crippen LogP contribution in [-0.2, 0) is 14.7 Å². The van der Waals surface area contributed by atoms with Crippen molar-refractivity contribution < 1.29 is 27.7 Å². The summed E-state index contributed by atoms with van der Waals surface area (Å²) in [6.45, 7) is 3.34. The highest BCUT2D eigenvalue weighted by Crippen LogP contribution is 2.30. The fourth-order valence-corrected chi connectivity index (χ4v) is 4.78. The van der Waals surface area contributed by atoms with Gasteiger partial charge in [0.15, 0.2) is 15.6 Å². The predicted octanol–water partition coefficient (Wildman–Crippen LogP) is 6.43. The number of hydrazine groups is 1. The van der Waals surface area contributed by atoms with Crippen LogP contribution in [0.2, 0.25) is 0 Å². The van der Waals surface area contributed by atoms with Gasteiger partial charge in [-0.3, -0.25) is 4.98 Å². The Kier molecular flexibility index (Phi) is 9.61. The second-order valence-electron chi connectivity index (χ2n) is 8.93. The van der Waals surface area contributed by atoms with E-state index in [4.69, 9.17) is 9.63 Å². The Morgan fingerprint density at radius 1 is 1.00 bits per heavy atom. The number of pyridine rings is 1. The van der Waals surface area contributed by atoms with Crippen molar-refractivity contribution in [3.8, 4) is 33.7 Å². The van der Waals surface area contributed by atoms with Gasteiger partial charge in [0.2, 0.25) is 0 Å². The lowest BCUT2D eigenvalue weighted by Gasteiger charge is -2.17. The van der Waals surface area contributed by atoms with Gasteiger partial charge in [0.25, 0.3) is 0 Å². The molecule has 0 saturated carbocycles. The van der Waals surface area contributed by atoms with E-state index in [0.717, 1.165) is 33.1 Å². The van der Waals surface area contributed by atoms with Crippen LogP contribution < -0.4 is 5.43 Å². The van der Waals surface area contributed by atoms with Crippen LogP contribution in [-0.4, -0.2) is 45.3 Å². The summed E-state index contributed by atoms with van der Waals surface area (Å²) >= 11 is 4.62. The average molecular weight is 604 g/mol. The molecule has 2 N–H and O–H groups in total. The molecular weight excluding hydrogens is 578 g/mol. The molecule has 2 aromatic heterocycles. The van der Waals surface area contributed by atoms with Gasteiger partial charge in [0.1, 0.15) is 12.0 Å². The van der Waals surface area contributed by atoms with E-state index in [0.29, 0.717) is 16.3 Å². The summed E-state index contributed by atoms with van der Waals surface area (Å²) in [5.41, 5.74) is 6.73. The first kappa shape index (κ1) is 29.9. The van der Waals surface area contributed by atoms with Gasteiger partial charge in [-0.1, -0.05) is 29.4 Å². The van der Waals surface area contributed by atoms with Gasteiger partial charge in [0, 0.05) is 35.2 Å². The molecule has 0 spiro atoms. The monoisotopic (exact) mass is 603 g/mol. The third kappa shape index (κ3) is 7.55. The van der Waals surface area contributed by atoms with E-state index in [2.05, 4.69) is 37.3 Å². The zero-order valence-corrected chi connectivity index (χ0v) is 24.0. The Morgan fingerprint density at radius 2 is 1.69 bits per heavy atom. The summed E-state index contributed by atoms with van der Waals surface area (Å²) in [6.07, 6.45) is 8.33. The van der Waals surface area contributed by atoms with E-state index in [9.17, 15) is 13.2 Å². The van der Waals surface area contributed by atoms with Gasteiger partial charge < -0.3 is 14.5 Å². The van der Waals surface area contributed by atoms with E-state index in [1.165, 1.54) is 12.5 Å². The Morgan fingerprint density at radius 3 is 2.31 bits per heavy atom. The zero-order chi connectivity index (χ0) is 30.1. The summed E-state index contributed by atoms with van der Waals surface area (Å²) in [5, 5.41) is 15.2. The second kappa shape index (κ2) is 13.5. The first-order valence-electron chi connectivity index (χ1n) is 12.4. The molecule has 3 heterocycles. The summed E-state index contributed by atoms with van der Waals surface area (Å²) in [5.74, 6) is 0.578. The minimum atomic E-state index is -3.31.